The number of sulfonamides is 1. The van der Waals surface area contributed by atoms with Gasteiger partial charge in [0.15, 0.2) is 0 Å². The number of halogens is 1. The van der Waals surface area contributed by atoms with E-state index in [4.69, 9.17) is 14.6 Å². The summed E-state index contributed by atoms with van der Waals surface area (Å²) in [5, 5.41) is 24.4. The number of nitrogens with two attached hydrogens (primary N) is 1. The summed E-state index contributed by atoms with van der Waals surface area (Å²) in [5.41, 5.74) is 1.25. The molecule has 0 saturated heterocycles. The van der Waals surface area contributed by atoms with Crippen LogP contribution in [-0.4, -0.2) is 68.0 Å². The summed E-state index contributed by atoms with van der Waals surface area (Å²) < 4.78 is 46.6. The topological polar surface area (TPSA) is 157 Å². The first-order valence-corrected chi connectivity index (χ1v) is 12.8. The average Bonchev–Trinajstić information content (AvgIpc) is 3.47. The van der Waals surface area contributed by atoms with Gasteiger partial charge in [-0.3, -0.25) is 5.01 Å². The zero-order chi connectivity index (χ0) is 25.0. The van der Waals surface area contributed by atoms with E-state index in [1.807, 2.05) is 0 Å². The highest BCUT2D eigenvalue weighted by molar-refractivity contribution is 7.91. The first-order valence-electron chi connectivity index (χ1n) is 10.5. The number of fused-ring (bicyclic) bond motifs is 1. The van der Waals surface area contributed by atoms with Gasteiger partial charge in [0.2, 0.25) is 4.34 Å². The minimum absolute atomic E-state index is 0.0383. The summed E-state index contributed by atoms with van der Waals surface area (Å²) in [5.74, 6) is -0.0426. The van der Waals surface area contributed by atoms with Gasteiger partial charge in [-0.1, -0.05) is 17.4 Å². The van der Waals surface area contributed by atoms with E-state index in [0.717, 1.165) is 16.9 Å². The molecule has 1 aliphatic heterocycles. The van der Waals surface area contributed by atoms with Crippen LogP contribution < -0.4 is 14.6 Å². The Bertz CT molecular complexity index is 1330. The molecule has 2 aromatic carbocycles. The van der Waals surface area contributed by atoms with Gasteiger partial charge in [-0.25, -0.2) is 27.7 Å². The Morgan fingerprint density at radius 2 is 1.97 bits per heavy atom. The van der Waals surface area contributed by atoms with Gasteiger partial charge in [-0.05, 0) is 35.9 Å². The minimum Gasteiger partial charge on any atom is -0.491 e. The SMILES string of the molecule is NS(=O)(=O)c1nc2ccc(OCC3CN([C@@H](Cc4ccc(OCCF)cc4)C(=O)O)N=N3)cc2s1. The second-order valence-electron chi connectivity index (χ2n) is 7.69. The number of hydrogen-bond acceptors (Lipinski definition) is 10. The quantitative estimate of drug-likeness (QED) is 0.388. The van der Waals surface area contributed by atoms with Crippen LogP contribution in [0.1, 0.15) is 5.56 Å². The first-order chi connectivity index (χ1) is 16.7. The van der Waals surface area contributed by atoms with Gasteiger partial charge in [-0.15, -0.1) is 11.3 Å². The van der Waals surface area contributed by atoms with Gasteiger partial charge in [0.1, 0.15) is 43.5 Å². The van der Waals surface area contributed by atoms with Gasteiger partial charge < -0.3 is 14.6 Å². The highest BCUT2D eigenvalue weighted by Crippen LogP contribution is 2.28. The van der Waals surface area contributed by atoms with E-state index in [2.05, 4.69) is 15.3 Å². The fourth-order valence-corrected chi connectivity index (χ4v) is 5.10. The van der Waals surface area contributed by atoms with Crippen LogP contribution >= 0.6 is 11.3 Å². The molecule has 1 unspecified atom stereocenters. The van der Waals surface area contributed by atoms with Crippen molar-refractivity contribution < 1.29 is 32.2 Å². The Morgan fingerprint density at radius 1 is 1.23 bits per heavy atom. The molecule has 35 heavy (non-hydrogen) atoms. The number of aliphatic carboxylic acids is 1. The third kappa shape index (κ3) is 6.21. The van der Waals surface area contributed by atoms with E-state index in [0.29, 0.717) is 21.7 Å². The number of nitrogens with zero attached hydrogens (tertiary/aromatic N) is 4. The molecule has 0 amide bonds. The van der Waals surface area contributed by atoms with E-state index in [1.165, 1.54) is 5.01 Å². The standard InChI is InChI=1S/C21H22FN5O6S2/c22-7-8-32-15-3-1-13(2-4-15)9-18(20(28)29)27-11-14(25-26-27)12-33-16-5-6-17-19(10-16)34-21(24-17)35(23,30)31/h1-6,10,14,18H,7-9,11-12H2,(H,28,29)(H2,23,30,31)/t14?,18-/m0/s1. The van der Waals surface area contributed by atoms with Gasteiger partial charge in [0.25, 0.3) is 10.0 Å². The summed E-state index contributed by atoms with van der Waals surface area (Å²) >= 11 is 0.945. The maximum Gasteiger partial charge on any atom is 0.328 e. The van der Waals surface area contributed by atoms with Gasteiger partial charge in [0.05, 0.1) is 16.8 Å². The van der Waals surface area contributed by atoms with Crippen molar-refractivity contribution in [2.75, 3.05) is 26.4 Å². The number of carboxylic acids is 1. The largest absolute Gasteiger partial charge is 0.491 e. The number of benzene rings is 2. The summed E-state index contributed by atoms with van der Waals surface area (Å²) in [4.78, 5) is 15.9. The lowest BCUT2D eigenvalue weighted by molar-refractivity contribution is -0.143. The predicted molar refractivity (Wildman–Crippen MR) is 125 cm³/mol. The summed E-state index contributed by atoms with van der Waals surface area (Å²) in [6.45, 7) is -0.219. The van der Waals surface area contributed by atoms with Crippen molar-refractivity contribution in [3.63, 3.8) is 0 Å². The maximum atomic E-state index is 12.2. The number of ether oxygens (including phenoxy) is 2. The number of aromatic nitrogens is 1. The maximum absolute atomic E-state index is 12.2. The molecule has 14 heteroatoms. The number of alkyl halides is 1. The van der Waals surface area contributed by atoms with E-state index >= 15 is 0 Å². The zero-order valence-electron chi connectivity index (χ0n) is 18.3. The highest BCUT2D eigenvalue weighted by atomic mass is 32.2. The lowest BCUT2D eigenvalue weighted by Gasteiger charge is -2.22. The molecular weight excluding hydrogens is 501 g/mol. The molecule has 2 atom stereocenters. The average molecular weight is 524 g/mol. The van der Waals surface area contributed by atoms with Crippen LogP contribution in [0.25, 0.3) is 10.2 Å². The fourth-order valence-electron chi connectivity index (χ4n) is 3.41. The number of carboxylic acid groups (broad SMARTS) is 1. The molecule has 3 aromatic rings. The van der Waals surface area contributed by atoms with Crippen molar-refractivity contribution in [3.8, 4) is 11.5 Å². The van der Waals surface area contributed by atoms with Crippen molar-refractivity contribution >= 4 is 37.5 Å². The van der Waals surface area contributed by atoms with Crippen LogP contribution in [0.5, 0.6) is 11.5 Å². The number of hydrogen-bond donors (Lipinski definition) is 2. The highest BCUT2D eigenvalue weighted by Gasteiger charge is 2.31. The summed E-state index contributed by atoms with van der Waals surface area (Å²) in [6, 6.07) is 10.4. The lowest BCUT2D eigenvalue weighted by atomic mass is 10.1. The smallest absolute Gasteiger partial charge is 0.328 e. The Morgan fingerprint density at radius 3 is 2.66 bits per heavy atom. The molecule has 0 bridgehead atoms. The molecule has 186 valence electrons. The van der Waals surface area contributed by atoms with Gasteiger partial charge >= 0.3 is 5.97 Å². The predicted octanol–water partition coefficient (Wildman–Crippen LogP) is 2.42. The van der Waals surface area contributed by atoms with Gasteiger partial charge in [-0.2, -0.15) is 5.11 Å². The van der Waals surface area contributed by atoms with Crippen LogP contribution in [0.3, 0.4) is 0 Å². The van der Waals surface area contributed by atoms with Crippen LogP contribution in [0.2, 0.25) is 0 Å². The van der Waals surface area contributed by atoms with Crippen molar-refractivity contribution in [1.29, 1.82) is 0 Å². The second-order valence-corrected chi connectivity index (χ2v) is 10.5. The molecule has 11 nitrogen and oxygen atoms in total. The molecule has 4 rings (SSSR count). The summed E-state index contributed by atoms with van der Waals surface area (Å²) in [7, 11) is -3.89. The minimum atomic E-state index is -3.89. The third-order valence-corrected chi connectivity index (χ3v) is 7.43. The second kappa shape index (κ2) is 10.5. The summed E-state index contributed by atoms with van der Waals surface area (Å²) in [6.07, 6.45) is 0.194. The molecule has 3 N–H and O–H groups in total. The molecule has 0 spiro atoms. The van der Waals surface area contributed by atoms with Crippen molar-refractivity contribution in [3.05, 3.63) is 48.0 Å². The molecule has 2 heterocycles. The van der Waals surface area contributed by atoms with Crippen molar-refractivity contribution in [2.24, 2.45) is 15.5 Å². The molecule has 0 saturated carbocycles. The van der Waals surface area contributed by atoms with Crippen LogP contribution in [-0.2, 0) is 21.2 Å². The monoisotopic (exact) mass is 523 g/mol. The van der Waals surface area contributed by atoms with Gasteiger partial charge in [0, 0.05) is 6.42 Å². The lowest BCUT2D eigenvalue weighted by Crippen LogP contribution is -2.40. The Labute approximate surface area is 204 Å². The number of thiazole rings is 1. The van der Waals surface area contributed by atoms with Crippen LogP contribution in [0, 0.1) is 0 Å². The fraction of sp³-hybridized carbons (Fsp3) is 0.333. The Balaban J connectivity index is 1.34. The number of carbonyl (C=O) groups is 1. The zero-order valence-corrected chi connectivity index (χ0v) is 19.9. The Hall–Kier alpha value is -3.36. The third-order valence-electron chi connectivity index (χ3n) is 5.10. The number of primary sulfonamides is 1. The van der Waals surface area contributed by atoms with E-state index < -0.39 is 28.7 Å². The van der Waals surface area contributed by atoms with E-state index in [9.17, 15) is 22.7 Å². The first kappa shape index (κ1) is 24.8. The van der Waals surface area contributed by atoms with E-state index in [1.54, 1.807) is 42.5 Å². The van der Waals surface area contributed by atoms with Crippen LogP contribution in [0.4, 0.5) is 4.39 Å². The van der Waals surface area contributed by atoms with Crippen molar-refractivity contribution in [2.45, 2.75) is 22.8 Å². The molecule has 1 aliphatic rings. The molecular formula is C21H22FN5O6S2. The molecule has 0 radical (unpaired) electrons. The normalized spacial score (nSPS) is 16.5. The Kier molecular flexibility index (Phi) is 7.42. The number of rotatable bonds is 11. The van der Waals surface area contributed by atoms with E-state index in [-0.39, 0.29) is 36.6 Å². The molecule has 0 aliphatic carbocycles. The molecule has 0 fully saturated rings. The van der Waals surface area contributed by atoms with Crippen LogP contribution in [0.15, 0.2) is 57.1 Å². The van der Waals surface area contributed by atoms with Crippen molar-refractivity contribution in [1.82, 2.24) is 9.99 Å². The molecule has 1 aromatic heterocycles.